The Labute approximate surface area is 200 Å². The van der Waals surface area contributed by atoms with Crippen LogP contribution in [0.25, 0.3) is 0 Å². The fourth-order valence-electron chi connectivity index (χ4n) is 4.35. The quantitative estimate of drug-likeness (QED) is 0.105. The molecule has 0 aromatic rings. The van der Waals surface area contributed by atoms with E-state index < -0.39 is 5.97 Å². The molecule has 0 spiro atoms. The molecule has 0 saturated heterocycles. The van der Waals surface area contributed by atoms with Crippen molar-refractivity contribution in [1.82, 2.24) is 0 Å². The molecule has 3 nitrogen and oxygen atoms in total. The number of rotatable bonds is 26. The topological polar surface area (TPSA) is 46.5 Å². The van der Waals surface area contributed by atoms with Crippen molar-refractivity contribution in [2.24, 2.45) is 5.92 Å². The molecule has 0 saturated carbocycles. The molecule has 190 valence electrons. The van der Waals surface area contributed by atoms with Crippen LogP contribution in [0, 0.1) is 5.92 Å². The second-order valence-electron chi connectivity index (χ2n) is 9.83. The van der Waals surface area contributed by atoms with Crippen molar-refractivity contribution in [3.8, 4) is 0 Å². The number of hydrogen-bond donors (Lipinski definition) is 1. The monoisotopic (exact) mass is 452 g/mol. The number of ether oxygens (including phenoxy) is 1. The van der Waals surface area contributed by atoms with Crippen LogP contribution < -0.4 is 0 Å². The molecule has 1 unspecified atom stereocenters. The van der Waals surface area contributed by atoms with Gasteiger partial charge in [-0.05, 0) is 18.8 Å². The van der Waals surface area contributed by atoms with Crippen molar-refractivity contribution in [1.29, 1.82) is 0 Å². The lowest BCUT2D eigenvalue weighted by molar-refractivity contribution is -0.132. The van der Waals surface area contributed by atoms with Crippen LogP contribution in [-0.4, -0.2) is 24.3 Å². The third kappa shape index (κ3) is 22.4. The molecule has 0 aromatic heterocycles. The van der Waals surface area contributed by atoms with Crippen LogP contribution in [0.5, 0.6) is 0 Å². The molecule has 0 aliphatic rings. The first-order valence-corrected chi connectivity index (χ1v) is 14.1. The maximum atomic E-state index is 10.9. The molecule has 0 fully saturated rings. The summed E-state index contributed by atoms with van der Waals surface area (Å²) >= 11 is 0. The van der Waals surface area contributed by atoms with Crippen LogP contribution in [0.3, 0.4) is 0 Å². The third-order valence-corrected chi connectivity index (χ3v) is 6.64. The zero-order valence-electron chi connectivity index (χ0n) is 21.8. The van der Waals surface area contributed by atoms with Gasteiger partial charge in [0.25, 0.3) is 0 Å². The fourth-order valence-corrected chi connectivity index (χ4v) is 4.35. The zero-order chi connectivity index (χ0) is 23.7. The lowest BCUT2D eigenvalue weighted by Gasteiger charge is -2.17. The minimum atomic E-state index is -0.908. The van der Waals surface area contributed by atoms with E-state index in [1.165, 1.54) is 128 Å². The molecular weight excluding hydrogens is 396 g/mol. The Morgan fingerprint density at radius 2 is 1.06 bits per heavy atom. The highest BCUT2D eigenvalue weighted by Gasteiger charge is 2.10. The minimum Gasteiger partial charge on any atom is -0.478 e. The van der Waals surface area contributed by atoms with Gasteiger partial charge in [-0.3, -0.25) is 0 Å². The van der Waals surface area contributed by atoms with E-state index in [-0.39, 0.29) is 5.57 Å². The van der Waals surface area contributed by atoms with E-state index in [2.05, 4.69) is 20.4 Å². The highest BCUT2D eigenvalue weighted by atomic mass is 16.5. The number of carbonyl (C=O) groups is 1. The summed E-state index contributed by atoms with van der Waals surface area (Å²) in [6.07, 6.45) is 27.6. The lowest BCUT2D eigenvalue weighted by atomic mass is 9.94. The summed E-state index contributed by atoms with van der Waals surface area (Å²) in [5.41, 5.74) is 0.249. The van der Waals surface area contributed by atoms with E-state index in [4.69, 9.17) is 9.84 Å². The van der Waals surface area contributed by atoms with Gasteiger partial charge in [0.05, 0.1) is 6.61 Å². The van der Waals surface area contributed by atoms with Crippen molar-refractivity contribution in [3.63, 3.8) is 0 Å². The fraction of sp³-hybridized carbons (Fsp3) is 0.897. The molecule has 0 amide bonds. The third-order valence-electron chi connectivity index (χ3n) is 6.64. The Balaban J connectivity index is 3.93. The van der Waals surface area contributed by atoms with Crippen molar-refractivity contribution in [2.75, 3.05) is 13.2 Å². The summed E-state index contributed by atoms with van der Waals surface area (Å²) in [4.78, 5) is 10.9. The van der Waals surface area contributed by atoms with Crippen molar-refractivity contribution >= 4 is 5.97 Å². The average Bonchev–Trinajstić information content (AvgIpc) is 2.78. The predicted molar refractivity (Wildman–Crippen MR) is 139 cm³/mol. The number of hydrogen-bond acceptors (Lipinski definition) is 2. The molecule has 0 aromatic carbocycles. The smallest absolute Gasteiger partial charge is 0.331 e. The van der Waals surface area contributed by atoms with Gasteiger partial charge < -0.3 is 9.84 Å². The van der Waals surface area contributed by atoms with Gasteiger partial charge in [0.15, 0.2) is 0 Å². The highest BCUT2D eigenvalue weighted by Crippen LogP contribution is 2.20. The van der Waals surface area contributed by atoms with Crippen LogP contribution >= 0.6 is 0 Å². The van der Waals surface area contributed by atoms with Gasteiger partial charge in [0, 0.05) is 18.6 Å². The lowest BCUT2D eigenvalue weighted by Crippen LogP contribution is -2.12. The first-order chi connectivity index (χ1) is 15.6. The van der Waals surface area contributed by atoms with Gasteiger partial charge in [-0.15, -0.1) is 0 Å². The zero-order valence-corrected chi connectivity index (χ0v) is 21.8. The largest absolute Gasteiger partial charge is 0.478 e. The molecule has 32 heavy (non-hydrogen) atoms. The molecule has 0 radical (unpaired) electrons. The first kappa shape index (κ1) is 31.2. The molecular formula is C29H56O3. The summed E-state index contributed by atoms with van der Waals surface area (Å²) in [5.74, 6) is -0.281. The average molecular weight is 453 g/mol. The maximum Gasteiger partial charge on any atom is 0.331 e. The van der Waals surface area contributed by atoms with E-state index in [9.17, 15) is 4.79 Å². The van der Waals surface area contributed by atoms with Crippen molar-refractivity contribution < 1.29 is 14.6 Å². The molecule has 0 aliphatic carbocycles. The summed E-state index contributed by atoms with van der Waals surface area (Å²) < 4.78 is 5.86. The van der Waals surface area contributed by atoms with E-state index in [0.29, 0.717) is 18.9 Å². The molecule has 0 bridgehead atoms. The Hall–Kier alpha value is -0.830. The second kappa shape index (κ2) is 24.8. The molecule has 1 atom stereocenters. The number of unbranched alkanes of at least 4 members (excludes halogenated alkanes) is 16. The normalized spacial score (nSPS) is 12.2. The van der Waals surface area contributed by atoms with Gasteiger partial charge in [-0.25, -0.2) is 4.79 Å². The van der Waals surface area contributed by atoms with Crippen molar-refractivity contribution in [2.45, 2.75) is 149 Å². The summed E-state index contributed by atoms with van der Waals surface area (Å²) in [7, 11) is 0. The van der Waals surface area contributed by atoms with Crippen LogP contribution in [-0.2, 0) is 9.53 Å². The maximum absolute atomic E-state index is 10.9. The van der Waals surface area contributed by atoms with Crippen LogP contribution in [0.4, 0.5) is 0 Å². The van der Waals surface area contributed by atoms with Gasteiger partial charge in [-0.2, -0.15) is 0 Å². The van der Waals surface area contributed by atoms with Crippen molar-refractivity contribution in [3.05, 3.63) is 12.2 Å². The molecule has 1 N–H and O–H groups in total. The standard InChI is InChI=1S/C29H56O3/c1-4-6-8-10-12-14-15-17-19-21-23-28(26-32-25-24-27(3)29(30)31)22-20-18-16-13-11-9-7-5-2/h28H,3-26H2,1-2H3,(H,30,31). The van der Waals surface area contributed by atoms with Crippen LogP contribution in [0.1, 0.15) is 149 Å². The Kier molecular flexibility index (Phi) is 24.2. The number of carboxylic acids is 1. The van der Waals surface area contributed by atoms with E-state index in [1.807, 2.05) is 0 Å². The molecule has 0 aliphatic heterocycles. The summed E-state index contributed by atoms with van der Waals surface area (Å²) in [6.45, 7) is 9.41. The molecule has 0 rings (SSSR count). The molecule has 3 heteroatoms. The van der Waals surface area contributed by atoms with Crippen LogP contribution in [0.2, 0.25) is 0 Å². The Bertz CT molecular complexity index is 419. The van der Waals surface area contributed by atoms with Gasteiger partial charge in [0.1, 0.15) is 0 Å². The predicted octanol–water partition coefficient (Wildman–Crippen LogP) is 9.49. The summed E-state index contributed by atoms with van der Waals surface area (Å²) in [6, 6.07) is 0. The van der Waals surface area contributed by atoms with Gasteiger partial charge in [-0.1, -0.05) is 136 Å². The van der Waals surface area contributed by atoms with Gasteiger partial charge in [0.2, 0.25) is 0 Å². The van der Waals surface area contributed by atoms with E-state index >= 15 is 0 Å². The van der Waals surface area contributed by atoms with E-state index in [0.717, 1.165) is 6.61 Å². The number of aliphatic carboxylic acids is 1. The Morgan fingerprint density at radius 3 is 1.44 bits per heavy atom. The Morgan fingerprint density at radius 1 is 0.688 bits per heavy atom. The van der Waals surface area contributed by atoms with Crippen LogP contribution in [0.15, 0.2) is 12.2 Å². The second-order valence-corrected chi connectivity index (χ2v) is 9.83. The number of carboxylic acid groups (broad SMARTS) is 1. The first-order valence-electron chi connectivity index (χ1n) is 14.1. The highest BCUT2D eigenvalue weighted by molar-refractivity contribution is 5.85. The SMILES string of the molecule is C=C(CCOCC(CCCCCCCCCC)CCCCCCCCCCCC)C(=O)O. The van der Waals surface area contributed by atoms with Gasteiger partial charge >= 0.3 is 5.97 Å². The molecule has 0 heterocycles. The summed E-state index contributed by atoms with van der Waals surface area (Å²) in [5, 5.41) is 8.93. The van der Waals surface area contributed by atoms with E-state index in [1.54, 1.807) is 0 Å². The minimum absolute atomic E-state index is 0.249.